The molecule has 6 heteroatoms. The highest BCUT2D eigenvalue weighted by Crippen LogP contribution is 2.61. The summed E-state index contributed by atoms with van der Waals surface area (Å²) >= 11 is 0. The molecule has 1 aromatic rings. The largest absolute Gasteiger partial charge is 0.389 e. The van der Waals surface area contributed by atoms with Gasteiger partial charge in [0, 0.05) is 45.0 Å². The van der Waals surface area contributed by atoms with Crippen molar-refractivity contribution in [3.05, 3.63) is 30.3 Å². The van der Waals surface area contributed by atoms with Crippen molar-refractivity contribution >= 4 is 30.5 Å². The minimum absolute atomic E-state index is 0. The highest BCUT2D eigenvalue weighted by molar-refractivity contribution is 5.85. The maximum absolute atomic E-state index is 10.5. The molecule has 1 atom stereocenters. The summed E-state index contributed by atoms with van der Waals surface area (Å²) in [5.41, 5.74) is 1.90. The molecule has 1 N–H and O–H groups in total. The number of anilines is 1. The van der Waals surface area contributed by atoms with Gasteiger partial charge in [-0.2, -0.15) is 0 Å². The number of aliphatic hydroxyl groups is 1. The third-order valence-electron chi connectivity index (χ3n) is 8.21. The van der Waals surface area contributed by atoms with Crippen molar-refractivity contribution < 1.29 is 9.84 Å². The summed E-state index contributed by atoms with van der Waals surface area (Å²) in [5.74, 6) is 3.05. The molecule has 4 saturated carbocycles. The summed E-state index contributed by atoms with van der Waals surface area (Å²) in [4.78, 5) is 4.82. The summed E-state index contributed by atoms with van der Waals surface area (Å²) in [6.45, 7) is 6.15. The summed E-state index contributed by atoms with van der Waals surface area (Å²) in [5, 5.41) is 10.5. The Labute approximate surface area is 200 Å². The van der Waals surface area contributed by atoms with E-state index in [0.717, 1.165) is 57.1 Å². The molecule has 0 aromatic heterocycles. The minimum atomic E-state index is -0.366. The summed E-state index contributed by atoms with van der Waals surface area (Å²) in [6, 6.07) is 10.6. The first kappa shape index (κ1) is 25.1. The van der Waals surface area contributed by atoms with E-state index in [-0.39, 0.29) is 30.9 Å². The van der Waals surface area contributed by atoms with Gasteiger partial charge in [-0.15, -0.1) is 24.8 Å². The molecular weight excluding hydrogens is 431 g/mol. The van der Waals surface area contributed by atoms with Crippen LogP contribution < -0.4 is 4.90 Å². The number of ether oxygens (including phenoxy) is 1. The first-order chi connectivity index (χ1) is 14.2. The summed E-state index contributed by atoms with van der Waals surface area (Å²) in [6.07, 6.45) is 9.75. The molecule has 1 unspecified atom stereocenters. The Bertz CT molecular complexity index is 631. The lowest BCUT2D eigenvalue weighted by molar-refractivity contribution is -0.0741. The van der Waals surface area contributed by atoms with Crippen molar-refractivity contribution in [3.8, 4) is 0 Å². The Balaban J connectivity index is 0.00000136. The fraction of sp³-hybridized carbons (Fsp3) is 0.760. The molecule has 4 bridgehead atoms. The van der Waals surface area contributed by atoms with Crippen molar-refractivity contribution in [3.63, 3.8) is 0 Å². The molecule has 4 aliphatic carbocycles. The smallest absolute Gasteiger partial charge is 0.0900 e. The van der Waals surface area contributed by atoms with Gasteiger partial charge in [0.25, 0.3) is 0 Å². The Kier molecular flexibility index (Phi) is 8.97. The van der Waals surface area contributed by atoms with E-state index in [1.165, 1.54) is 50.6 Å². The van der Waals surface area contributed by atoms with Crippen molar-refractivity contribution in [1.29, 1.82) is 0 Å². The number of piperazine rings is 1. The quantitative estimate of drug-likeness (QED) is 0.561. The monoisotopic (exact) mass is 470 g/mol. The fourth-order valence-corrected chi connectivity index (χ4v) is 7.28. The van der Waals surface area contributed by atoms with E-state index >= 15 is 0 Å². The van der Waals surface area contributed by atoms with Crippen molar-refractivity contribution in [2.75, 3.05) is 50.8 Å². The normalized spacial score (nSPS) is 32.9. The number of nitrogens with zero attached hydrogens (tertiary/aromatic N) is 2. The first-order valence-electron chi connectivity index (χ1n) is 12.0. The van der Waals surface area contributed by atoms with E-state index in [0.29, 0.717) is 12.0 Å². The van der Waals surface area contributed by atoms with Crippen LogP contribution in [0.5, 0.6) is 0 Å². The second-order valence-electron chi connectivity index (χ2n) is 10.5. The number of hydrogen-bond donors (Lipinski definition) is 1. The van der Waals surface area contributed by atoms with E-state index in [2.05, 4.69) is 40.1 Å². The number of halogens is 2. The van der Waals surface area contributed by atoms with Crippen molar-refractivity contribution in [2.24, 2.45) is 23.2 Å². The van der Waals surface area contributed by atoms with Crippen LogP contribution in [0, 0.1) is 23.2 Å². The van der Waals surface area contributed by atoms with Crippen LogP contribution in [0.1, 0.15) is 44.9 Å². The van der Waals surface area contributed by atoms with Crippen LogP contribution in [0.15, 0.2) is 30.3 Å². The Morgan fingerprint density at radius 1 is 0.903 bits per heavy atom. The van der Waals surface area contributed by atoms with Crippen LogP contribution in [-0.4, -0.2) is 62.0 Å². The van der Waals surface area contributed by atoms with Gasteiger partial charge in [0.15, 0.2) is 0 Å². The van der Waals surface area contributed by atoms with Gasteiger partial charge >= 0.3 is 0 Å². The molecule has 5 aliphatic rings. The lowest BCUT2D eigenvalue weighted by Crippen LogP contribution is -2.49. The molecule has 4 nitrogen and oxygen atoms in total. The molecule has 176 valence electrons. The van der Waals surface area contributed by atoms with Crippen LogP contribution in [0.2, 0.25) is 0 Å². The van der Waals surface area contributed by atoms with Gasteiger partial charge in [-0.1, -0.05) is 18.2 Å². The SMILES string of the molecule is Cl.Cl.OC(COCCC12CC3CC(CC(C3)C1)C2)CN1CCN(c2ccccc2)CC1. The van der Waals surface area contributed by atoms with Gasteiger partial charge in [0.1, 0.15) is 0 Å². The van der Waals surface area contributed by atoms with E-state index < -0.39 is 0 Å². The maximum atomic E-state index is 10.5. The number of rotatable bonds is 8. The number of para-hydroxylation sites is 1. The third kappa shape index (κ3) is 6.09. The number of aliphatic hydroxyl groups excluding tert-OH is 1. The van der Waals surface area contributed by atoms with Gasteiger partial charge in [0.2, 0.25) is 0 Å². The van der Waals surface area contributed by atoms with Crippen molar-refractivity contribution in [2.45, 2.75) is 51.0 Å². The molecule has 31 heavy (non-hydrogen) atoms. The standard InChI is InChI=1S/C25H38N2O2.2ClH/c28-24(18-26-7-9-27(10-8-26)23-4-2-1-3-5-23)19-29-11-6-25-15-20-12-21(16-25)14-22(13-20)17-25;;/h1-5,20-22,24,28H,6-19H2;2*1H. The molecule has 0 amide bonds. The van der Waals surface area contributed by atoms with Gasteiger partial charge in [-0.25, -0.2) is 0 Å². The van der Waals surface area contributed by atoms with Crippen LogP contribution in [-0.2, 0) is 4.74 Å². The van der Waals surface area contributed by atoms with Gasteiger partial charge in [-0.3, -0.25) is 4.90 Å². The van der Waals surface area contributed by atoms with E-state index in [1.54, 1.807) is 0 Å². The fourth-order valence-electron chi connectivity index (χ4n) is 7.28. The van der Waals surface area contributed by atoms with E-state index in [1.807, 2.05) is 0 Å². The van der Waals surface area contributed by atoms with Crippen LogP contribution >= 0.6 is 24.8 Å². The average molecular weight is 472 g/mol. The minimum Gasteiger partial charge on any atom is -0.389 e. The van der Waals surface area contributed by atoms with E-state index in [4.69, 9.17) is 4.74 Å². The van der Waals surface area contributed by atoms with E-state index in [9.17, 15) is 5.11 Å². The van der Waals surface area contributed by atoms with Crippen LogP contribution in [0.3, 0.4) is 0 Å². The van der Waals surface area contributed by atoms with Gasteiger partial charge < -0.3 is 14.7 Å². The Morgan fingerprint density at radius 3 is 2.06 bits per heavy atom. The molecule has 1 aliphatic heterocycles. The Morgan fingerprint density at radius 2 is 1.48 bits per heavy atom. The second-order valence-corrected chi connectivity index (χ2v) is 10.5. The first-order valence-corrected chi connectivity index (χ1v) is 12.0. The zero-order valence-electron chi connectivity index (χ0n) is 18.7. The molecule has 5 fully saturated rings. The number of β-amino-alcohol motifs (C(OH)–C–C–N with tert-alkyl or cyclic N) is 1. The molecule has 0 spiro atoms. The van der Waals surface area contributed by atoms with Crippen LogP contribution in [0.25, 0.3) is 0 Å². The third-order valence-corrected chi connectivity index (χ3v) is 8.21. The van der Waals surface area contributed by atoms with Crippen LogP contribution in [0.4, 0.5) is 5.69 Å². The molecule has 1 heterocycles. The Hall–Kier alpha value is -0.520. The molecule has 1 saturated heterocycles. The molecular formula is C25H40Cl2N2O2. The molecule has 0 radical (unpaired) electrons. The van der Waals surface area contributed by atoms with Gasteiger partial charge in [0.05, 0.1) is 12.7 Å². The lowest BCUT2D eigenvalue weighted by Gasteiger charge is -2.57. The zero-order valence-corrected chi connectivity index (χ0v) is 20.3. The highest BCUT2D eigenvalue weighted by Gasteiger charge is 2.50. The number of hydrogen-bond acceptors (Lipinski definition) is 4. The van der Waals surface area contributed by atoms with Gasteiger partial charge in [-0.05, 0) is 80.2 Å². The maximum Gasteiger partial charge on any atom is 0.0900 e. The average Bonchev–Trinajstić information content (AvgIpc) is 2.71. The lowest BCUT2D eigenvalue weighted by atomic mass is 9.49. The second kappa shape index (κ2) is 11.1. The summed E-state index contributed by atoms with van der Waals surface area (Å²) in [7, 11) is 0. The highest BCUT2D eigenvalue weighted by atomic mass is 35.5. The summed E-state index contributed by atoms with van der Waals surface area (Å²) < 4.78 is 5.98. The topological polar surface area (TPSA) is 35.9 Å². The number of benzene rings is 1. The zero-order chi connectivity index (χ0) is 19.7. The predicted molar refractivity (Wildman–Crippen MR) is 132 cm³/mol. The van der Waals surface area contributed by atoms with Crippen molar-refractivity contribution in [1.82, 2.24) is 4.90 Å². The molecule has 1 aromatic carbocycles. The molecule has 6 rings (SSSR count). The predicted octanol–water partition coefficient (Wildman–Crippen LogP) is 4.64.